The number of carbonyl (C=O) groups is 5. The lowest BCUT2D eigenvalue weighted by Crippen LogP contribution is -2.53. The van der Waals surface area contributed by atoms with Crippen LogP contribution in [0, 0.1) is 0 Å². The van der Waals surface area contributed by atoms with Gasteiger partial charge in [0, 0.05) is 24.1 Å². The quantitative estimate of drug-likeness (QED) is 0.0473. The van der Waals surface area contributed by atoms with Gasteiger partial charge < -0.3 is 47.4 Å². The van der Waals surface area contributed by atoms with Crippen LogP contribution in [0.4, 0.5) is 0 Å². The van der Waals surface area contributed by atoms with Crippen LogP contribution < -0.4 is 18.9 Å². The van der Waals surface area contributed by atoms with E-state index in [1.165, 1.54) is 60.7 Å². The molecule has 4 aromatic rings. The van der Waals surface area contributed by atoms with E-state index in [1.54, 1.807) is 36.4 Å². The van der Waals surface area contributed by atoms with Gasteiger partial charge in [-0.15, -0.1) is 0 Å². The Morgan fingerprint density at radius 3 is 1.54 bits per heavy atom. The van der Waals surface area contributed by atoms with E-state index in [9.17, 15) is 24.0 Å². The van der Waals surface area contributed by atoms with Gasteiger partial charge in [0.05, 0.1) is 29.9 Å². The van der Waals surface area contributed by atoms with Crippen LogP contribution in [0.25, 0.3) is 0 Å². The van der Waals surface area contributed by atoms with Crippen molar-refractivity contribution < 1.29 is 71.3 Å². The van der Waals surface area contributed by atoms with Gasteiger partial charge in [-0.3, -0.25) is 0 Å². The predicted molar refractivity (Wildman–Crippen MR) is 196 cm³/mol. The first-order valence-electron chi connectivity index (χ1n) is 17.5. The maximum absolute atomic E-state index is 13.2. The Labute approximate surface area is 326 Å². The van der Waals surface area contributed by atoms with Crippen LogP contribution in [0.3, 0.4) is 0 Å². The number of carbonyl (C=O) groups excluding carboxylic acids is 5. The molecule has 4 aromatic carbocycles. The van der Waals surface area contributed by atoms with Gasteiger partial charge in [0.15, 0.2) is 6.29 Å². The van der Waals surface area contributed by atoms with Gasteiger partial charge in [0.25, 0.3) is 0 Å². The molecule has 294 valence electrons. The van der Waals surface area contributed by atoms with Crippen molar-refractivity contribution in [1.82, 2.24) is 0 Å². The highest BCUT2D eigenvalue weighted by Crippen LogP contribution is 2.34. The first-order chi connectivity index (χ1) is 27.7. The van der Waals surface area contributed by atoms with Crippen molar-refractivity contribution in [2.75, 3.05) is 26.8 Å². The molecule has 2 saturated heterocycles. The summed E-state index contributed by atoms with van der Waals surface area (Å²) in [5.41, 5.74) is 1.40. The number of esters is 5. The predicted octanol–water partition coefficient (Wildman–Crippen LogP) is 5.68. The fraction of sp³-hybridized carbons (Fsp3) is 0.214. The van der Waals surface area contributed by atoms with E-state index in [1.807, 2.05) is 0 Å². The fourth-order valence-electron chi connectivity index (χ4n) is 5.51. The van der Waals surface area contributed by atoms with E-state index < -0.39 is 54.4 Å². The minimum absolute atomic E-state index is 0.192. The largest absolute Gasteiger partial charge is 0.457 e. The summed E-state index contributed by atoms with van der Waals surface area (Å²) < 4.78 is 55.0. The zero-order valence-corrected chi connectivity index (χ0v) is 30.3. The second kappa shape index (κ2) is 19.2. The summed E-state index contributed by atoms with van der Waals surface area (Å²) in [6, 6.07) is 24.7. The second-order valence-corrected chi connectivity index (χ2v) is 12.2. The Morgan fingerprint density at radius 1 is 0.596 bits per heavy atom. The standard InChI is InChI=1S/C42H36O15/c1-3-36(43)52-24-50-30-13-5-26(6-14-30)39(45)54-32-17-9-28(10-18-32)41(47)56-34-21-22-48-35-23-49-42(57-38(34)35)29-11-19-33(20-12-29)55-40(46)27-7-15-31(16-8-27)51-25-53-37(44)4-2/h3-20,34-35,38,42H,1-2,21-25H2. The topological polar surface area (TPSA) is 178 Å². The van der Waals surface area contributed by atoms with Gasteiger partial charge in [-0.1, -0.05) is 25.3 Å². The van der Waals surface area contributed by atoms with Crippen molar-refractivity contribution in [3.05, 3.63) is 145 Å². The Kier molecular flexibility index (Phi) is 13.4. The fourth-order valence-corrected chi connectivity index (χ4v) is 5.51. The Hall–Kier alpha value is -6.81. The summed E-state index contributed by atoms with van der Waals surface area (Å²) >= 11 is 0. The van der Waals surface area contributed by atoms with Crippen LogP contribution in [0.5, 0.6) is 23.0 Å². The lowest BCUT2D eigenvalue weighted by Gasteiger charge is -2.42. The highest BCUT2D eigenvalue weighted by Gasteiger charge is 2.43. The monoisotopic (exact) mass is 780 g/mol. The van der Waals surface area contributed by atoms with E-state index in [4.69, 9.17) is 47.4 Å². The van der Waals surface area contributed by atoms with Crippen LogP contribution in [-0.4, -0.2) is 75.0 Å². The molecule has 4 atom stereocenters. The zero-order chi connectivity index (χ0) is 40.1. The number of hydrogen-bond acceptors (Lipinski definition) is 15. The van der Waals surface area contributed by atoms with E-state index in [0.29, 0.717) is 30.1 Å². The number of benzene rings is 4. The minimum atomic E-state index is -0.808. The number of rotatable bonds is 15. The molecule has 0 bridgehead atoms. The zero-order valence-electron chi connectivity index (χ0n) is 30.3. The van der Waals surface area contributed by atoms with Crippen molar-refractivity contribution in [1.29, 1.82) is 0 Å². The number of ether oxygens (including phenoxy) is 10. The van der Waals surface area contributed by atoms with Crippen molar-refractivity contribution >= 4 is 29.8 Å². The molecule has 2 aliphatic heterocycles. The summed E-state index contributed by atoms with van der Waals surface area (Å²) in [5.74, 6) is -1.81. The third-order valence-electron chi connectivity index (χ3n) is 8.45. The third-order valence-corrected chi connectivity index (χ3v) is 8.45. The normalized spacial score (nSPS) is 18.4. The third kappa shape index (κ3) is 10.9. The molecule has 2 heterocycles. The molecule has 0 amide bonds. The molecule has 0 aliphatic carbocycles. The van der Waals surface area contributed by atoms with Gasteiger partial charge in [-0.05, 0) is 84.9 Å². The smallest absolute Gasteiger partial charge is 0.343 e. The average Bonchev–Trinajstić information content (AvgIpc) is 3.24. The summed E-state index contributed by atoms with van der Waals surface area (Å²) in [7, 11) is 0. The van der Waals surface area contributed by atoms with Gasteiger partial charge >= 0.3 is 29.8 Å². The SMILES string of the molecule is C=CC(=O)OCOc1ccc(C(=O)Oc2ccc(C(=O)OC3CCOC4COC(c5ccc(OC(=O)c6ccc(OCOC(=O)C=C)cc6)cc5)OC43)cc2)cc1. The molecular formula is C42H36O15. The van der Waals surface area contributed by atoms with Crippen molar-refractivity contribution in [3.63, 3.8) is 0 Å². The molecule has 0 N–H and O–H groups in total. The van der Waals surface area contributed by atoms with Crippen LogP contribution in [-0.2, 0) is 38.0 Å². The van der Waals surface area contributed by atoms with E-state index in [2.05, 4.69) is 13.2 Å². The van der Waals surface area contributed by atoms with Crippen molar-refractivity contribution in [3.8, 4) is 23.0 Å². The van der Waals surface area contributed by atoms with Gasteiger partial charge in [-0.25, -0.2) is 24.0 Å². The van der Waals surface area contributed by atoms with Crippen molar-refractivity contribution in [2.45, 2.75) is 31.0 Å². The summed E-state index contributed by atoms with van der Waals surface area (Å²) in [6.07, 6.45) is -0.111. The summed E-state index contributed by atoms with van der Waals surface area (Å²) in [4.78, 5) is 60.9. The lowest BCUT2D eigenvalue weighted by molar-refractivity contribution is -0.298. The molecule has 0 spiro atoms. The highest BCUT2D eigenvalue weighted by molar-refractivity contribution is 5.92. The molecule has 6 rings (SSSR count). The molecular weight excluding hydrogens is 744 g/mol. The Morgan fingerprint density at radius 2 is 1.05 bits per heavy atom. The average molecular weight is 781 g/mol. The lowest BCUT2D eigenvalue weighted by atomic mass is 10.0. The summed E-state index contributed by atoms with van der Waals surface area (Å²) in [6.45, 7) is 6.52. The molecule has 57 heavy (non-hydrogen) atoms. The molecule has 2 fully saturated rings. The highest BCUT2D eigenvalue weighted by atomic mass is 16.7. The molecule has 0 saturated carbocycles. The van der Waals surface area contributed by atoms with Gasteiger partial charge in [0.2, 0.25) is 13.6 Å². The molecule has 15 nitrogen and oxygen atoms in total. The summed E-state index contributed by atoms with van der Waals surface area (Å²) in [5, 5.41) is 0. The van der Waals surface area contributed by atoms with E-state index in [-0.39, 0.29) is 48.4 Å². The van der Waals surface area contributed by atoms with Gasteiger partial charge in [-0.2, -0.15) is 0 Å². The van der Waals surface area contributed by atoms with Crippen LogP contribution in [0.1, 0.15) is 49.3 Å². The maximum atomic E-state index is 13.2. The molecule has 4 unspecified atom stereocenters. The minimum Gasteiger partial charge on any atom is -0.457 e. The van der Waals surface area contributed by atoms with Crippen molar-refractivity contribution in [2.24, 2.45) is 0 Å². The Bertz CT molecular complexity index is 2060. The molecule has 0 aromatic heterocycles. The van der Waals surface area contributed by atoms with Crippen LogP contribution in [0.2, 0.25) is 0 Å². The van der Waals surface area contributed by atoms with Crippen LogP contribution >= 0.6 is 0 Å². The molecule has 15 heteroatoms. The first kappa shape index (κ1) is 39.9. The number of fused-ring (bicyclic) bond motifs is 1. The van der Waals surface area contributed by atoms with E-state index >= 15 is 0 Å². The van der Waals surface area contributed by atoms with Crippen LogP contribution in [0.15, 0.2) is 122 Å². The first-order valence-corrected chi connectivity index (χ1v) is 17.5. The molecule has 0 radical (unpaired) electrons. The van der Waals surface area contributed by atoms with E-state index in [0.717, 1.165) is 12.2 Å². The number of hydrogen-bond donors (Lipinski definition) is 0. The van der Waals surface area contributed by atoms with Gasteiger partial charge in [0.1, 0.15) is 41.3 Å². The molecule has 2 aliphatic rings. The second-order valence-electron chi connectivity index (χ2n) is 12.2. The Balaban J connectivity index is 0.981. The maximum Gasteiger partial charge on any atom is 0.343 e.